The van der Waals surface area contributed by atoms with Gasteiger partial charge in [0.2, 0.25) is 0 Å². The fraction of sp³-hybridized carbons (Fsp3) is 0.600. The molecule has 0 heterocycles. The molecule has 19 heavy (non-hydrogen) atoms. The monoisotopic (exact) mass is 264 g/mol. The lowest BCUT2D eigenvalue weighted by molar-refractivity contribution is -0.384. The minimum Gasteiger partial charge on any atom is -0.307 e. The van der Waals surface area contributed by atoms with Crippen LogP contribution in [0.4, 0.5) is 5.69 Å². The third-order valence-corrected chi connectivity index (χ3v) is 3.47. The minimum absolute atomic E-state index is 0.140. The van der Waals surface area contributed by atoms with Gasteiger partial charge < -0.3 is 5.32 Å². The van der Waals surface area contributed by atoms with Crippen molar-refractivity contribution in [3.05, 3.63) is 39.9 Å². The molecule has 0 saturated heterocycles. The van der Waals surface area contributed by atoms with Crippen molar-refractivity contribution in [2.24, 2.45) is 0 Å². The van der Waals surface area contributed by atoms with Gasteiger partial charge in [0.05, 0.1) is 4.92 Å². The summed E-state index contributed by atoms with van der Waals surface area (Å²) in [4.78, 5) is 10.4. The van der Waals surface area contributed by atoms with Crippen molar-refractivity contribution in [2.45, 2.75) is 58.5 Å². The highest BCUT2D eigenvalue weighted by Crippen LogP contribution is 2.20. The number of nitrogens with one attached hydrogen (secondary N) is 1. The van der Waals surface area contributed by atoms with Crippen molar-refractivity contribution < 1.29 is 4.92 Å². The third-order valence-electron chi connectivity index (χ3n) is 3.47. The molecule has 1 rings (SSSR count). The average Bonchev–Trinajstić information content (AvgIpc) is 2.43. The van der Waals surface area contributed by atoms with Gasteiger partial charge in [-0.15, -0.1) is 0 Å². The molecule has 1 aromatic rings. The van der Waals surface area contributed by atoms with Gasteiger partial charge >= 0.3 is 0 Å². The SMILES string of the molecule is CCCCC(CC)NC(C)c1cccc([N+](=O)[O-])c1. The Balaban J connectivity index is 2.68. The van der Waals surface area contributed by atoms with Crippen molar-refractivity contribution in [3.63, 3.8) is 0 Å². The fourth-order valence-corrected chi connectivity index (χ4v) is 2.21. The molecule has 2 atom stereocenters. The molecule has 0 spiro atoms. The van der Waals surface area contributed by atoms with Gasteiger partial charge in [0, 0.05) is 24.2 Å². The van der Waals surface area contributed by atoms with E-state index in [1.165, 1.54) is 18.9 Å². The van der Waals surface area contributed by atoms with E-state index in [4.69, 9.17) is 0 Å². The van der Waals surface area contributed by atoms with Crippen molar-refractivity contribution in [1.29, 1.82) is 0 Å². The first kappa shape index (κ1) is 15.6. The van der Waals surface area contributed by atoms with Crippen LogP contribution in [0.1, 0.15) is 58.1 Å². The van der Waals surface area contributed by atoms with Crippen molar-refractivity contribution in [2.75, 3.05) is 0 Å². The maximum Gasteiger partial charge on any atom is 0.269 e. The number of rotatable bonds is 8. The maximum absolute atomic E-state index is 10.8. The second kappa shape index (κ2) is 7.89. The molecule has 2 unspecified atom stereocenters. The first-order chi connectivity index (χ1) is 9.08. The lowest BCUT2D eigenvalue weighted by Gasteiger charge is -2.22. The highest BCUT2D eigenvalue weighted by atomic mass is 16.6. The number of hydrogen-bond acceptors (Lipinski definition) is 3. The molecule has 0 saturated carbocycles. The molecule has 0 bridgehead atoms. The molecule has 0 aliphatic carbocycles. The molecule has 106 valence electrons. The summed E-state index contributed by atoms with van der Waals surface area (Å²) in [5.41, 5.74) is 1.14. The molecule has 0 fully saturated rings. The van der Waals surface area contributed by atoms with E-state index >= 15 is 0 Å². The number of hydrogen-bond donors (Lipinski definition) is 1. The quantitative estimate of drug-likeness (QED) is 0.565. The zero-order chi connectivity index (χ0) is 14.3. The Kier molecular flexibility index (Phi) is 6.50. The Bertz CT molecular complexity index is 407. The van der Waals surface area contributed by atoms with Crippen molar-refractivity contribution in [3.8, 4) is 0 Å². The van der Waals surface area contributed by atoms with Crippen LogP contribution in [0.5, 0.6) is 0 Å². The molecule has 0 amide bonds. The summed E-state index contributed by atoms with van der Waals surface area (Å²) in [6, 6.07) is 7.50. The summed E-state index contributed by atoms with van der Waals surface area (Å²) in [6.07, 6.45) is 4.65. The molecular formula is C15H24N2O2. The molecule has 1 N–H and O–H groups in total. The zero-order valence-corrected chi connectivity index (χ0v) is 12.1. The van der Waals surface area contributed by atoms with Crippen LogP contribution in [0.3, 0.4) is 0 Å². The van der Waals surface area contributed by atoms with Gasteiger partial charge in [-0.25, -0.2) is 0 Å². The second-order valence-electron chi connectivity index (χ2n) is 4.99. The third kappa shape index (κ3) is 4.99. The van der Waals surface area contributed by atoms with Gasteiger partial charge in [-0.3, -0.25) is 10.1 Å². The Morgan fingerprint density at radius 3 is 2.68 bits per heavy atom. The van der Waals surface area contributed by atoms with E-state index in [1.54, 1.807) is 12.1 Å². The maximum atomic E-state index is 10.8. The lowest BCUT2D eigenvalue weighted by atomic mass is 10.0. The Morgan fingerprint density at radius 1 is 1.37 bits per heavy atom. The Labute approximate surface area is 115 Å². The van der Waals surface area contributed by atoms with Crippen LogP contribution in [0.25, 0.3) is 0 Å². The van der Waals surface area contributed by atoms with E-state index in [-0.39, 0.29) is 16.7 Å². The van der Waals surface area contributed by atoms with E-state index in [9.17, 15) is 10.1 Å². The van der Waals surface area contributed by atoms with E-state index in [1.807, 2.05) is 6.07 Å². The van der Waals surface area contributed by atoms with Gasteiger partial charge in [0.25, 0.3) is 5.69 Å². The largest absolute Gasteiger partial charge is 0.307 e. The second-order valence-corrected chi connectivity index (χ2v) is 4.99. The Morgan fingerprint density at radius 2 is 2.11 bits per heavy atom. The average molecular weight is 264 g/mol. The minimum atomic E-state index is -0.343. The van der Waals surface area contributed by atoms with Gasteiger partial charge in [-0.05, 0) is 25.3 Å². The van der Waals surface area contributed by atoms with Gasteiger partial charge in [-0.2, -0.15) is 0 Å². The van der Waals surface area contributed by atoms with Gasteiger partial charge in [-0.1, -0.05) is 38.8 Å². The summed E-state index contributed by atoms with van der Waals surface area (Å²) in [7, 11) is 0. The molecule has 4 heteroatoms. The number of nitro groups is 1. The van der Waals surface area contributed by atoms with Crippen LogP contribution in [-0.4, -0.2) is 11.0 Å². The predicted octanol–water partition coefficient (Wildman–Crippen LogP) is 4.21. The van der Waals surface area contributed by atoms with Crippen molar-refractivity contribution >= 4 is 5.69 Å². The highest BCUT2D eigenvalue weighted by Gasteiger charge is 2.14. The highest BCUT2D eigenvalue weighted by molar-refractivity contribution is 5.35. The van der Waals surface area contributed by atoms with Crippen LogP contribution in [0.15, 0.2) is 24.3 Å². The molecular weight excluding hydrogens is 240 g/mol. The van der Waals surface area contributed by atoms with Gasteiger partial charge in [0.15, 0.2) is 0 Å². The number of benzene rings is 1. The summed E-state index contributed by atoms with van der Waals surface area (Å²) < 4.78 is 0. The number of nitrogens with zero attached hydrogens (tertiary/aromatic N) is 1. The van der Waals surface area contributed by atoms with Crippen LogP contribution in [0, 0.1) is 10.1 Å². The van der Waals surface area contributed by atoms with E-state index in [2.05, 4.69) is 26.1 Å². The number of nitro benzene ring substituents is 1. The van der Waals surface area contributed by atoms with Crippen LogP contribution in [-0.2, 0) is 0 Å². The normalized spacial score (nSPS) is 14.1. The van der Waals surface area contributed by atoms with Gasteiger partial charge in [0.1, 0.15) is 0 Å². The molecule has 0 radical (unpaired) electrons. The predicted molar refractivity (Wildman–Crippen MR) is 78.3 cm³/mol. The zero-order valence-electron chi connectivity index (χ0n) is 12.1. The molecule has 0 aromatic heterocycles. The first-order valence-electron chi connectivity index (χ1n) is 7.08. The first-order valence-corrected chi connectivity index (χ1v) is 7.08. The number of non-ortho nitro benzene ring substituents is 1. The van der Waals surface area contributed by atoms with Crippen LogP contribution >= 0.6 is 0 Å². The van der Waals surface area contributed by atoms with E-state index in [0.717, 1.165) is 18.4 Å². The summed E-state index contributed by atoms with van der Waals surface area (Å²) in [5.74, 6) is 0. The molecule has 1 aromatic carbocycles. The lowest BCUT2D eigenvalue weighted by Crippen LogP contribution is -2.31. The Hall–Kier alpha value is -1.42. The molecule has 0 aliphatic heterocycles. The van der Waals surface area contributed by atoms with E-state index in [0.29, 0.717) is 6.04 Å². The van der Waals surface area contributed by atoms with Crippen LogP contribution in [0.2, 0.25) is 0 Å². The fourth-order valence-electron chi connectivity index (χ4n) is 2.21. The molecule has 0 aliphatic rings. The molecule has 4 nitrogen and oxygen atoms in total. The summed E-state index contributed by atoms with van der Waals surface area (Å²) >= 11 is 0. The number of unbranched alkanes of at least 4 members (excludes halogenated alkanes) is 1. The summed E-state index contributed by atoms with van der Waals surface area (Å²) in [6.45, 7) is 6.43. The van der Waals surface area contributed by atoms with Crippen molar-refractivity contribution in [1.82, 2.24) is 5.32 Å². The standard InChI is InChI=1S/C15H24N2O2/c1-4-6-9-14(5-2)16-12(3)13-8-7-10-15(11-13)17(18)19/h7-8,10-12,14,16H,4-6,9H2,1-3H3. The smallest absolute Gasteiger partial charge is 0.269 e. The van der Waals surface area contributed by atoms with Crippen LogP contribution < -0.4 is 5.32 Å². The summed E-state index contributed by atoms with van der Waals surface area (Å²) in [5, 5.41) is 14.3. The topological polar surface area (TPSA) is 55.2 Å². The van der Waals surface area contributed by atoms with E-state index < -0.39 is 0 Å².